The fourth-order valence-electron chi connectivity index (χ4n) is 1.46. The van der Waals surface area contributed by atoms with E-state index in [9.17, 15) is 15.0 Å². The Balaban J connectivity index is 3.03. The second kappa shape index (κ2) is 6.29. The molecule has 0 aliphatic heterocycles. The zero-order chi connectivity index (χ0) is 13.7. The van der Waals surface area contributed by atoms with Crippen LogP contribution in [0.3, 0.4) is 0 Å². The van der Waals surface area contributed by atoms with Crippen LogP contribution in [0, 0.1) is 0 Å². The monoisotopic (exact) mass is 256 g/mol. The number of methoxy groups -OCH3 is 1. The Bertz CT molecular complexity index is 424. The number of aromatic nitrogens is 1. The number of esters is 1. The van der Waals surface area contributed by atoms with Crippen molar-refractivity contribution in [3.8, 4) is 0 Å². The predicted molar refractivity (Wildman–Crippen MR) is 62.7 cm³/mol. The average molecular weight is 256 g/mol. The molecule has 1 heterocycles. The molecule has 1 aromatic heterocycles. The van der Waals surface area contributed by atoms with E-state index >= 15 is 0 Å². The first-order valence-electron chi connectivity index (χ1n) is 5.32. The number of hydrogen-bond donors (Lipinski definition) is 4. The molecular weight excluding hydrogens is 240 g/mol. The molecule has 0 radical (unpaired) electrons. The number of aliphatic hydroxyl groups is 3. The van der Waals surface area contributed by atoms with Crippen LogP contribution in [0.5, 0.6) is 0 Å². The lowest BCUT2D eigenvalue weighted by Gasteiger charge is -2.18. The van der Waals surface area contributed by atoms with Crippen LogP contribution in [0.4, 0.5) is 5.82 Å². The smallest absolute Gasteiger partial charge is 0.339 e. The van der Waals surface area contributed by atoms with Crippen LogP contribution in [-0.2, 0) is 4.74 Å². The minimum absolute atomic E-state index is 0.00661. The zero-order valence-electron chi connectivity index (χ0n) is 9.91. The number of hydrogen-bond acceptors (Lipinski definition) is 7. The molecule has 1 rings (SSSR count). The number of nitrogens with zero attached hydrogens (tertiary/aromatic N) is 1. The summed E-state index contributed by atoms with van der Waals surface area (Å²) in [6.07, 6.45) is -1.31. The topological polar surface area (TPSA) is 126 Å². The molecular formula is C11H16N2O5. The third-order valence-corrected chi connectivity index (χ3v) is 2.48. The molecule has 0 fully saturated rings. The minimum atomic E-state index is -1.32. The lowest BCUT2D eigenvalue weighted by atomic mass is 10.0. The van der Waals surface area contributed by atoms with Gasteiger partial charge in [0.15, 0.2) is 0 Å². The molecule has 0 saturated heterocycles. The van der Waals surface area contributed by atoms with Gasteiger partial charge in [0.2, 0.25) is 0 Å². The number of carbonyl (C=O) groups excluding carboxylic acids is 1. The van der Waals surface area contributed by atoms with Crippen LogP contribution in [0.2, 0.25) is 0 Å². The van der Waals surface area contributed by atoms with E-state index in [1.807, 2.05) is 0 Å². The lowest BCUT2D eigenvalue weighted by Crippen LogP contribution is -2.21. The third-order valence-electron chi connectivity index (χ3n) is 2.48. The van der Waals surface area contributed by atoms with Crippen LogP contribution < -0.4 is 5.73 Å². The van der Waals surface area contributed by atoms with Crippen molar-refractivity contribution < 1.29 is 24.9 Å². The molecule has 0 aliphatic carbocycles. The number of ether oxygens (including phenoxy) is 1. The van der Waals surface area contributed by atoms with Gasteiger partial charge < -0.3 is 25.8 Å². The van der Waals surface area contributed by atoms with Gasteiger partial charge in [-0.1, -0.05) is 0 Å². The van der Waals surface area contributed by atoms with E-state index < -0.39 is 18.2 Å². The number of nitrogen functional groups attached to an aromatic ring is 1. The zero-order valence-corrected chi connectivity index (χ0v) is 9.91. The first-order valence-corrected chi connectivity index (χ1v) is 5.32. The number of carbonyl (C=O) groups is 1. The van der Waals surface area contributed by atoms with E-state index in [2.05, 4.69) is 9.72 Å². The number of pyridine rings is 1. The van der Waals surface area contributed by atoms with Gasteiger partial charge in [-0.25, -0.2) is 9.78 Å². The maximum Gasteiger partial charge on any atom is 0.339 e. The van der Waals surface area contributed by atoms with Gasteiger partial charge in [0.1, 0.15) is 11.9 Å². The van der Waals surface area contributed by atoms with Crippen molar-refractivity contribution in [2.75, 3.05) is 19.5 Å². The Morgan fingerprint density at radius 2 is 2.22 bits per heavy atom. The van der Waals surface area contributed by atoms with Crippen molar-refractivity contribution >= 4 is 11.8 Å². The summed E-state index contributed by atoms with van der Waals surface area (Å²) < 4.78 is 4.51. The third kappa shape index (κ3) is 3.16. The van der Waals surface area contributed by atoms with E-state index in [-0.39, 0.29) is 30.0 Å². The highest BCUT2D eigenvalue weighted by Gasteiger charge is 2.22. The van der Waals surface area contributed by atoms with Crippen molar-refractivity contribution in [3.05, 3.63) is 23.4 Å². The first kappa shape index (κ1) is 14.4. The first-order chi connectivity index (χ1) is 8.51. The Morgan fingerprint density at radius 3 is 2.78 bits per heavy atom. The number of nitrogens with two attached hydrogens (primary N) is 1. The second-order valence-corrected chi connectivity index (χ2v) is 3.71. The van der Waals surface area contributed by atoms with Gasteiger partial charge in [0, 0.05) is 18.4 Å². The molecule has 0 bridgehead atoms. The molecule has 1 aromatic rings. The van der Waals surface area contributed by atoms with Crippen LogP contribution >= 0.6 is 0 Å². The SMILES string of the molecule is COC(=O)c1cnc(N)c(C(O)C(O)CCO)c1. The number of anilines is 1. The summed E-state index contributed by atoms with van der Waals surface area (Å²) in [4.78, 5) is 15.1. The van der Waals surface area contributed by atoms with Crippen molar-refractivity contribution in [2.24, 2.45) is 0 Å². The Hall–Kier alpha value is -1.70. The van der Waals surface area contributed by atoms with Gasteiger partial charge in [0.05, 0.1) is 18.8 Å². The van der Waals surface area contributed by atoms with Gasteiger partial charge in [0.25, 0.3) is 0 Å². The summed E-state index contributed by atoms with van der Waals surface area (Å²) in [7, 11) is 1.22. The van der Waals surface area contributed by atoms with Gasteiger partial charge in [-0.15, -0.1) is 0 Å². The number of rotatable bonds is 5. The molecule has 0 saturated carbocycles. The Labute approximate surface area is 104 Å². The Morgan fingerprint density at radius 1 is 1.56 bits per heavy atom. The van der Waals surface area contributed by atoms with E-state index in [0.717, 1.165) is 0 Å². The summed E-state index contributed by atoms with van der Waals surface area (Å²) in [5, 5.41) is 28.1. The second-order valence-electron chi connectivity index (χ2n) is 3.71. The summed E-state index contributed by atoms with van der Waals surface area (Å²) in [5.41, 5.74) is 5.82. The largest absolute Gasteiger partial charge is 0.465 e. The van der Waals surface area contributed by atoms with Gasteiger partial charge in [-0.3, -0.25) is 0 Å². The van der Waals surface area contributed by atoms with E-state index in [4.69, 9.17) is 10.8 Å². The molecule has 100 valence electrons. The minimum Gasteiger partial charge on any atom is -0.465 e. The van der Waals surface area contributed by atoms with E-state index in [1.54, 1.807) is 0 Å². The fourth-order valence-corrected chi connectivity index (χ4v) is 1.46. The summed E-state index contributed by atoms with van der Waals surface area (Å²) in [5.74, 6) is -0.611. The molecule has 7 heteroatoms. The molecule has 2 atom stereocenters. The average Bonchev–Trinajstić information content (AvgIpc) is 2.37. The summed E-state index contributed by atoms with van der Waals surface area (Å²) in [6, 6.07) is 1.30. The van der Waals surface area contributed by atoms with Crippen LogP contribution in [-0.4, -0.2) is 46.1 Å². The summed E-state index contributed by atoms with van der Waals surface area (Å²) >= 11 is 0. The Kier molecular flexibility index (Phi) is 5.02. The highest BCUT2D eigenvalue weighted by atomic mass is 16.5. The van der Waals surface area contributed by atoms with Crippen LogP contribution in [0.15, 0.2) is 12.3 Å². The molecule has 0 aromatic carbocycles. The van der Waals surface area contributed by atoms with Gasteiger partial charge in [-0.05, 0) is 12.5 Å². The highest BCUT2D eigenvalue weighted by molar-refractivity contribution is 5.89. The molecule has 2 unspecified atom stereocenters. The normalized spacial score (nSPS) is 14.0. The molecule has 0 spiro atoms. The van der Waals surface area contributed by atoms with Crippen LogP contribution in [0.1, 0.15) is 28.4 Å². The predicted octanol–water partition coefficient (Wildman–Crippen LogP) is -0.773. The van der Waals surface area contributed by atoms with Gasteiger partial charge >= 0.3 is 5.97 Å². The lowest BCUT2D eigenvalue weighted by molar-refractivity contribution is 0.00438. The van der Waals surface area contributed by atoms with Crippen molar-refractivity contribution in [2.45, 2.75) is 18.6 Å². The van der Waals surface area contributed by atoms with E-state index in [1.165, 1.54) is 19.4 Å². The molecule has 0 aliphatic rings. The standard InChI is InChI=1S/C11H16N2O5/c1-18-11(17)6-4-7(10(12)13-5-6)9(16)8(15)2-3-14/h4-5,8-9,14-16H,2-3H2,1H3,(H2,12,13). The summed E-state index contributed by atoms with van der Waals surface area (Å²) in [6.45, 7) is -0.276. The molecule has 5 N–H and O–H groups in total. The quantitative estimate of drug-likeness (QED) is 0.509. The number of aliphatic hydroxyl groups excluding tert-OH is 3. The van der Waals surface area contributed by atoms with E-state index in [0.29, 0.717) is 0 Å². The molecule has 0 amide bonds. The van der Waals surface area contributed by atoms with Gasteiger partial charge in [-0.2, -0.15) is 0 Å². The van der Waals surface area contributed by atoms with Crippen molar-refractivity contribution in [3.63, 3.8) is 0 Å². The van der Waals surface area contributed by atoms with Crippen molar-refractivity contribution in [1.29, 1.82) is 0 Å². The maximum absolute atomic E-state index is 11.3. The molecule has 7 nitrogen and oxygen atoms in total. The highest BCUT2D eigenvalue weighted by Crippen LogP contribution is 2.24. The fraction of sp³-hybridized carbons (Fsp3) is 0.455. The molecule has 18 heavy (non-hydrogen) atoms. The van der Waals surface area contributed by atoms with Crippen molar-refractivity contribution in [1.82, 2.24) is 4.98 Å². The van der Waals surface area contributed by atoms with Crippen LogP contribution in [0.25, 0.3) is 0 Å². The maximum atomic E-state index is 11.3.